The quantitative estimate of drug-likeness (QED) is 0.548. The van der Waals surface area contributed by atoms with Crippen LogP contribution < -0.4 is 19.8 Å². The van der Waals surface area contributed by atoms with Crippen molar-refractivity contribution >= 4 is 17.3 Å². The van der Waals surface area contributed by atoms with E-state index < -0.39 is 0 Å². The Bertz CT molecular complexity index is 1060. The molecule has 1 aliphatic heterocycles. The molecule has 0 N–H and O–H groups in total. The lowest BCUT2D eigenvalue weighted by Gasteiger charge is -2.36. The van der Waals surface area contributed by atoms with Gasteiger partial charge in [0.05, 0.1) is 19.3 Å². The molecule has 7 heteroatoms. The molecule has 1 saturated heterocycles. The van der Waals surface area contributed by atoms with Crippen LogP contribution in [0.15, 0.2) is 70.1 Å². The zero-order valence-corrected chi connectivity index (χ0v) is 18.2. The molecule has 0 aliphatic carbocycles. The smallest absolute Gasteiger partial charge is 0.227 e. The second-order valence-electron chi connectivity index (χ2n) is 7.43. The van der Waals surface area contributed by atoms with Gasteiger partial charge in [0.15, 0.2) is 0 Å². The first-order valence-electron chi connectivity index (χ1n) is 10.2. The molecule has 2 aromatic carbocycles. The van der Waals surface area contributed by atoms with Crippen LogP contribution in [0.1, 0.15) is 11.3 Å². The molecule has 162 valence electrons. The zero-order valence-electron chi connectivity index (χ0n) is 17.4. The number of para-hydroxylation sites is 2. The van der Waals surface area contributed by atoms with Crippen LogP contribution in [0.3, 0.4) is 0 Å². The third-order valence-electron chi connectivity index (χ3n) is 5.34. The van der Waals surface area contributed by atoms with Gasteiger partial charge in [-0.2, -0.15) is 0 Å². The second-order valence-corrected chi connectivity index (χ2v) is 7.86. The van der Waals surface area contributed by atoms with Gasteiger partial charge < -0.3 is 18.8 Å². The molecular weight excluding hydrogens is 416 g/mol. The summed E-state index contributed by atoms with van der Waals surface area (Å²) in [6.45, 7) is 4.38. The number of methoxy groups -OCH3 is 1. The van der Waals surface area contributed by atoms with Crippen molar-refractivity contribution in [1.82, 2.24) is 4.90 Å². The topological polar surface area (TPSA) is 55.2 Å². The van der Waals surface area contributed by atoms with Gasteiger partial charge in [0.2, 0.25) is 11.2 Å². The van der Waals surface area contributed by atoms with E-state index in [4.69, 9.17) is 25.5 Å². The molecule has 0 amide bonds. The van der Waals surface area contributed by atoms with Crippen molar-refractivity contribution in [2.24, 2.45) is 0 Å². The first-order chi connectivity index (χ1) is 15.1. The third-order valence-corrected chi connectivity index (χ3v) is 5.59. The number of rotatable bonds is 7. The summed E-state index contributed by atoms with van der Waals surface area (Å²) in [5, 5.41) is 0.663. The van der Waals surface area contributed by atoms with Gasteiger partial charge in [-0.15, -0.1) is 0 Å². The molecular formula is C24H25ClN2O4. The Morgan fingerprint density at radius 2 is 1.74 bits per heavy atom. The number of benzene rings is 2. The average Bonchev–Trinajstić information content (AvgIpc) is 2.80. The maximum Gasteiger partial charge on any atom is 0.227 e. The number of ether oxygens (including phenoxy) is 2. The van der Waals surface area contributed by atoms with Gasteiger partial charge in [0.25, 0.3) is 0 Å². The lowest BCUT2D eigenvalue weighted by molar-refractivity contribution is 0.224. The first kappa shape index (κ1) is 21.3. The van der Waals surface area contributed by atoms with Gasteiger partial charge in [-0.25, -0.2) is 0 Å². The van der Waals surface area contributed by atoms with E-state index in [2.05, 4.69) is 15.9 Å². The predicted molar refractivity (Wildman–Crippen MR) is 121 cm³/mol. The van der Waals surface area contributed by atoms with Gasteiger partial charge in [0, 0.05) is 37.3 Å². The van der Waals surface area contributed by atoms with Crippen molar-refractivity contribution in [1.29, 1.82) is 0 Å². The van der Waals surface area contributed by atoms with Crippen LogP contribution in [-0.2, 0) is 13.2 Å². The minimum absolute atomic E-state index is 0.178. The molecule has 1 aliphatic rings. The SMILES string of the molecule is COc1ccccc1N1CCN(Cc2cc(=O)c(OCc3ccc(Cl)cc3)co2)CC1. The highest BCUT2D eigenvalue weighted by Crippen LogP contribution is 2.28. The van der Waals surface area contributed by atoms with Gasteiger partial charge in [-0.1, -0.05) is 35.9 Å². The third kappa shape index (κ3) is 5.40. The van der Waals surface area contributed by atoms with Gasteiger partial charge in [-0.05, 0) is 29.8 Å². The van der Waals surface area contributed by atoms with Crippen molar-refractivity contribution < 1.29 is 13.9 Å². The van der Waals surface area contributed by atoms with E-state index in [1.165, 1.54) is 12.3 Å². The van der Waals surface area contributed by atoms with Crippen LogP contribution in [0.25, 0.3) is 0 Å². The van der Waals surface area contributed by atoms with Crippen molar-refractivity contribution in [3.05, 3.63) is 87.4 Å². The van der Waals surface area contributed by atoms with Crippen molar-refractivity contribution in [3.63, 3.8) is 0 Å². The number of hydrogen-bond acceptors (Lipinski definition) is 6. The molecule has 1 aromatic heterocycles. The highest BCUT2D eigenvalue weighted by atomic mass is 35.5. The van der Waals surface area contributed by atoms with Crippen LogP contribution >= 0.6 is 11.6 Å². The maximum atomic E-state index is 12.4. The molecule has 0 unspecified atom stereocenters. The second kappa shape index (κ2) is 9.90. The monoisotopic (exact) mass is 440 g/mol. The summed E-state index contributed by atoms with van der Waals surface area (Å²) in [7, 11) is 1.69. The standard InChI is InChI=1S/C24H25ClN2O4/c1-29-23-5-3-2-4-21(23)27-12-10-26(11-13-27)15-20-14-22(28)24(17-30-20)31-16-18-6-8-19(25)9-7-18/h2-9,14,17H,10-13,15-16H2,1H3. The van der Waals surface area contributed by atoms with Gasteiger partial charge in [0.1, 0.15) is 24.4 Å². The Balaban J connectivity index is 1.31. The molecule has 0 bridgehead atoms. The molecule has 0 radical (unpaired) electrons. The van der Waals surface area contributed by atoms with Crippen LogP contribution in [0.2, 0.25) is 5.02 Å². The van der Waals surface area contributed by atoms with E-state index >= 15 is 0 Å². The molecule has 6 nitrogen and oxygen atoms in total. The summed E-state index contributed by atoms with van der Waals surface area (Å²) in [6.07, 6.45) is 1.40. The Morgan fingerprint density at radius 1 is 1.00 bits per heavy atom. The van der Waals surface area contributed by atoms with Gasteiger partial charge >= 0.3 is 0 Å². The molecule has 0 spiro atoms. The number of nitrogens with zero attached hydrogens (tertiary/aromatic N) is 2. The van der Waals surface area contributed by atoms with Crippen molar-refractivity contribution in [3.8, 4) is 11.5 Å². The average molecular weight is 441 g/mol. The fraction of sp³-hybridized carbons (Fsp3) is 0.292. The van der Waals surface area contributed by atoms with Gasteiger partial charge in [-0.3, -0.25) is 9.69 Å². The van der Waals surface area contributed by atoms with Crippen LogP contribution in [-0.4, -0.2) is 38.2 Å². The number of anilines is 1. The summed E-state index contributed by atoms with van der Waals surface area (Å²) in [4.78, 5) is 17.0. The minimum atomic E-state index is -0.178. The summed E-state index contributed by atoms with van der Waals surface area (Å²) < 4.78 is 16.8. The molecule has 2 heterocycles. The number of hydrogen-bond donors (Lipinski definition) is 0. The summed E-state index contributed by atoms with van der Waals surface area (Å²) in [5.74, 6) is 1.73. The first-order valence-corrected chi connectivity index (χ1v) is 10.6. The lowest BCUT2D eigenvalue weighted by Crippen LogP contribution is -2.46. The largest absolute Gasteiger partial charge is 0.495 e. The Kier molecular flexibility index (Phi) is 6.79. The van der Waals surface area contributed by atoms with Crippen molar-refractivity contribution in [2.45, 2.75) is 13.2 Å². The highest BCUT2D eigenvalue weighted by Gasteiger charge is 2.20. The molecule has 0 saturated carbocycles. The Labute approximate surface area is 186 Å². The molecule has 3 aromatic rings. The van der Waals surface area contributed by atoms with E-state index in [-0.39, 0.29) is 17.8 Å². The van der Waals surface area contributed by atoms with E-state index in [0.29, 0.717) is 17.3 Å². The molecule has 4 rings (SSSR count). The summed E-state index contributed by atoms with van der Waals surface area (Å²) in [6, 6.07) is 16.9. The van der Waals surface area contributed by atoms with E-state index in [9.17, 15) is 4.79 Å². The van der Waals surface area contributed by atoms with Crippen LogP contribution in [0.5, 0.6) is 11.5 Å². The lowest BCUT2D eigenvalue weighted by atomic mass is 10.2. The normalized spacial score (nSPS) is 14.5. The van der Waals surface area contributed by atoms with Crippen LogP contribution in [0.4, 0.5) is 5.69 Å². The highest BCUT2D eigenvalue weighted by molar-refractivity contribution is 6.30. The molecule has 1 fully saturated rings. The fourth-order valence-electron chi connectivity index (χ4n) is 3.63. The van der Waals surface area contributed by atoms with E-state index in [1.54, 1.807) is 19.2 Å². The summed E-state index contributed by atoms with van der Waals surface area (Å²) >= 11 is 5.89. The van der Waals surface area contributed by atoms with Crippen molar-refractivity contribution in [2.75, 3.05) is 38.2 Å². The number of halogens is 1. The Hall–Kier alpha value is -2.96. The van der Waals surface area contributed by atoms with E-state index in [1.807, 2.05) is 30.3 Å². The van der Waals surface area contributed by atoms with Crippen LogP contribution in [0, 0.1) is 0 Å². The van der Waals surface area contributed by atoms with E-state index in [0.717, 1.165) is 43.2 Å². The number of piperazine rings is 1. The predicted octanol–water partition coefficient (Wildman–Crippen LogP) is 4.20. The maximum absolute atomic E-state index is 12.4. The zero-order chi connectivity index (χ0) is 21.6. The molecule has 31 heavy (non-hydrogen) atoms. The molecule has 0 atom stereocenters. The summed E-state index contributed by atoms with van der Waals surface area (Å²) in [5.41, 5.74) is 1.86. The minimum Gasteiger partial charge on any atom is -0.495 e. The Morgan fingerprint density at radius 3 is 2.45 bits per heavy atom. The fourth-order valence-corrected chi connectivity index (χ4v) is 3.75.